The topological polar surface area (TPSA) is 29.5 Å². The van der Waals surface area contributed by atoms with Crippen LogP contribution in [0.25, 0.3) is 0 Å². The molecule has 0 amide bonds. The van der Waals surface area contributed by atoms with Crippen LogP contribution in [-0.4, -0.2) is 12.2 Å². The summed E-state index contributed by atoms with van der Waals surface area (Å²) in [6.07, 6.45) is 0.00509. The van der Waals surface area contributed by atoms with Crippen molar-refractivity contribution in [3.63, 3.8) is 0 Å². The average Bonchev–Trinajstić information content (AvgIpc) is 2.42. The van der Waals surface area contributed by atoms with Gasteiger partial charge in [0.2, 0.25) is 0 Å². The highest BCUT2D eigenvalue weighted by Crippen LogP contribution is 2.29. The van der Waals surface area contributed by atoms with E-state index >= 15 is 0 Å². The van der Waals surface area contributed by atoms with Crippen LogP contribution in [0.5, 0.6) is 5.75 Å². The SMILES string of the molecule is COc1ccc(Br)cc1CC(O)c1cccc(C)c1C. The fraction of sp³-hybridized carbons (Fsp3) is 0.294. The van der Waals surface area contributed by atoms with Gasteiger partial charge in [-0.2, -0.15) is 0 Å². The molecule has 106 valence electrons. The Morgan fingerprint density at radius 3 is 2.65 bits per heavy atom. The van der Waals surface area contributed by atoms with E-state index in [1.165, 1.54) is 5.56 Å². The van der Waals surface area contributed by atoms with Gasteiger partial charge < -0.3 is 9.84 Å². The Kier molecular flexibility index (Phi) is 4.84. The van der Waals surface area contributed by atoms with Crippen LogP contribution in [0.15, 0.2) is 40.9 Å². The summed E-state index contributed by atoms with van der Waals surface area (Å²) in [5.41, 5.74) is 4.32. The summed E-state index contributed by atoms with van der Waals surface area (Å²) in [6, 6.07) is 11.9. The van der Waals surface area contributed by atoms with Crippen molar-refractivity contribution in [3.8, 4) is 5.75 Å². The molecule has 0 fully saturated rings. The molecule has 0 aliphatic heterocycles. The van der Waals surface area contributed by atoms with Gasteiger partial charge in [0, 0.05) is 10.9 Å². The van der Waals surface area contributed by atoms with Gasteiger partial charge in [-0.3, -0.25) is 0 Å². The average molecular weight is 335 g/mol. The molecule has 0 aromatic heterocycles. The highest BCUT2D eigenvalue weighted by Gasteiger charge is 2.15. The number of halogens is 1. The van der Waals surface area contributed by atoms with Gasteiger partial charge in [-0.15, -0.1) is 0 Å². The van der Waals surface area contributed by atoms with Gasteiger partial charge in [0.25, 0.3) is 0 Å². The Hall–Kier alpha value is -1.32. The fourth-order valence-corrected chi connectivity index (χ4v) is 2.77. The molecular formula is C17H19BrO2. The maximum absolute atomic E-state index is 10.5. The van der Waals surface area contributed by atoms with Crippen molar-refractivity contribution in [1.82, 2.24) is 0 Å². The van der Waals surface area contributed by atoms with Crippen molar-refractivity contribution in [1.29, 1.82) is 0 Å². The van der Waals surface area contributed by atoms with Gasteiger partial charge in [-0.25, -0.2) is 0 Å². The molecule has 0 heterocycles. The van der Waals surface area contributed by atoms with Crippen LogP contribution in [-0.2, 0) is 6.42 Å². The summed E-state index contributed by atoms with van der Waals surface area (Å²) in [4.78, 5) is 0. The van der Waals surface area contributed by atoms with Gasteiger partial charge in [-0.05, 0) is 54.3 Å². The lowest BCUT2D eigenvalue weighted by atomic mass is 9.95. The summed E-state index contributed by atoms with van der Waals surface area (Å²) < 4.78 is 6.35. The summed E-state index contributed by atoms with van der Waals surface area (Å²) in [6.45, 7) is 4.11. The molecule has 1 N–H and O–H groups in total. The number of aliphatic hydroxyl groups excluding tert-OH is 1. The highest BCUT2D eigenvalue weighted by atomic mass is 79.9. The molecule has 2 aromatic carbocycles. The maximum Gasteiger partial charge on any atom is 0.122 e. The zero-order chi connectivity index (χ0) is 14.7. The molecule has 0 spiro atoms. The molecule has 0 saturated carbocycles. The number of hydrogen-bond donors (Lipinski definition) is 1. The number of aliphatic hydroxyl groups is 1. The van der Waals surface area contributed by atoms with E-state index in [4.69, 9.17) is 4.74 Å². The summed E-state index contributed by atoms with van der Waals surface area (Å²) >= 11 is 3.46. The van der Waals surface area contributed by atoms with E-state index in [1.807, 2.05) is 37.3 Å². The quantitative estimate of drug-likeness (QED) is 0.900. The smallest absolute Gasteiger partial charge is 0.122 e. The van der Waals surface area contributed by atoms with Crippen LogP contribution in [0.4, 0.5) is 0 Å². The summed E-state index contributed by atoms with van der Waals surface area (Å²) in [7, 11) is 1.65. The minimum atomic E-state index is -0.530. The van der Waals surface area contributed by atoms with Gasteiger partial charge in [0.05, 0.1) is 13.2 Å². The Balaban J connectivity index is 2.30. The predicted molar refractivity (Wildman–Crippen MR) is 85.3 cm³/mol. The van der Waals surface area contributed by atoms with Crippen molar-refractivity contribution in [3.05, 3.63) is 63.1 Å². The van der Waals surface area contributed by atoms with Crippen LogP contribution in [0.1, 0.15) is 28.4 Å². The van der Waals surface area contributed by atoms with Crippen LogP contribution in [0.3, 0.4) is 0 Å². The lowest BCUT2D eigenvalue weighted by Gasteiger charge is -2.17. The normalized spacial score (nSPS) is 12.2. The molecule has 0 saturated heterocycles. The lowest BCUT2D eigenvalue weighted by molar-refractivity contribution is 0.176. The van der Waals surface area contributed by atoms with Gasteiger partial charge in [-0.1, -0.05) is 34.1 Å². The third kappa shape index (κ3) is 3.22. The first-order valence-electron chi connectivity index (χ1n) is 6.59. The second-order valence-corrected chi connectivity index (χ2v) is 5.88. The molecule has 2 aromatic rings. The summed E-state index contributed by atoms with van der Waals surface area (Å²) in [5.74, 6) is 0.803. The number of rotatable bonds is 4. The first-order valence-corrected chi connectivity index (χ1v) is 7.39. The van der Waals surface area contributed by atoms with E-state index in [0.717, 1.165) is 26.9 Å². The largest absolute Gasteiger partial charge is 0.496 e. The molecule has 3 heteroatoms. The maximum atomic E-state index is 10.5. The standard InChI is InChI=1S/C17H19BrO2/c1-11-5-4-6-15(12(11)2)16(19)10-13-9-14(18)7-8-17(13)20-3/h4-9,16,19H,10H2,1-3H3. The third-order valence-electron chi connectivity index (χ3n) is 3.66. The van der Waals surface area contributed by atoms with Crippen molar-refractivity contribution in [2.45, 2.75) is 26.4 Å². The number of methoxy groups -OCH3 is 1. The molecule has 0 radical (unpaired) electrons. The van der Waals surface area contributed by atoms with Crippen LogP contribution < -0.4 is 4.74 Å². The van der Waals surface area contributed by atoms with Crippen LogP contribution in [0.2, 0.25) is 0 Å². The Bertz CT molecular complexity index is 608. The third-order valence-corrected chi connectivity index (χ3v) is 4.15. The van der Waals surface area contributed by atoms with Crippen molar-refractivity contribution < 1.29 is 9.84 Å². The minimum absolute atomic E-state index is 0.530. The number of ether oxygens (including phenoxy) is 1. The minimum Gasteiger partial charge on any atom is -0.496 e. The van der Waals surface area contributed by atoms with E-state index in [1.54, 1.807) is 7.11 Å². The zero-order valence-electron chi connectivity index (χ0n) is 12.0. The second-order valence-electron chi connectivity index (χ2n) is 4.97. The molecule has 0 aliphatic carbocycles. The van der Waals surface area contributed by atoms with E-state index < -0.39 is 6.10 Å². The van der Waals surface area contributed by atoms with Gasteiger partial charge >= 0.3 is 0 Å². The highest BCUT2D eigenvalue weighted by molar-refractivity contribution is 9.10. The molecule has 20 heavy (non-hydrogen) atoms. The molecule has 0 bridgehead atoms. The number of benzene rings is 2. The predicted octanol–water partition coefficient (Wildman–Crippen LogP) is 4.35. The van der Waals surface area contributed by atoms with E-state index in [9.17, 15) is 5.11 Å². The van der Waals surface area contributed by atoms with Gasteiger partial charge in [0.15, 0.2) is 0 Å². The Labute approximate surface area is 128 Å². The van der Waals surface area contributed by atoms with Crippen molar-refractivity contribution >= 4 is 15.9 Å². The van der Waals surface area contributed by atoms with Crippen LogP contribution >= 0.6 is 15.9 Å². The second kappa shape index (κ2) is 6.42. The van der Waals surface area contributed by atoms with E-state index in [0.29, 0.717) is 6.42 Å². The van der Waals surface area contributed by atoms with E-state index in [-0.39, 0.29) is 0 Å². The van der Waals surface area contributed by atoms with Crippen molar-refractivity contribution in [2.24, 2.45) is 0 Å². The monoisotopic (exact) mass is 334 g/mol. The molecule has 1 unspecified atom stereocenters. The lowest BCUT2D eigenvalue weighted by Crippen LogP contribution is -2.06. The van der Waals surface area contributed by atoms with Gasteiger partial charge in [0.1, 0.15) is 5.75 Å². The first-order chi connectivity index (χ1) is 9.52. The number of aryl methyl sites for hydroxylation is 1. The molecule has 0 aliphatic rings. The van der Waals surface area contributed by atoms with E-state index in [2.05, 4.69) is 28.9 Å². The van der Waals surface area contributed by atoms with Crippen molar-refractivity contribution in [2.75, 3.05) is 7.11 Å². The first kappa shape index (κ1) is 15.1. The Morgan fingerprint density at radius 1 is 1.20 bits per heavy atom. The molecule has 2 rings (SSSR count). The zero-order valence-corrected chi connectivity index (χ0v) is 13.6. The molecule has 2 nitrogen and oxygen atoms in total. The molecular weight excluding hydrogens is 316 g/mol. The van der Waals surface area contributed by atoms with Crippen LogP contribution in [0, 0.1) is 13.8 Å². The fourth-order valence-electron chi connectivity index (χ4n) is 2.36. The molecule has 1 atom stereocenters. The Morgan fingerprint density at radius 2 is 1.95 bits per heavy atom. The summed E-state index contributed by atoms with van der Waals surface area (Å²) in [5, 5.41) is 10.5. The number of hydrogen-bond acceptors (Lipinski definition) is 2.